The summed E-state index contributed by atoms with van der Waals surface area (Å²) < 4.78 is 5.62. The van der Waals surface area contributed by atoms with E-state index in [0.717, 1.165) is 39.2 Å². The Labute approximate surface area is 191 Å². The molecule has 2 heterocycles. The molecule has 0 saturated carbocycles. The van der Waals surface area contributed by atoms with Crippen molar-refractivity contribution < 1.29 is 9.53 Å². The molecule has 6 nitrogen and oxygen atoms in total. The number of methoxy groups -OCH3 is 1. The lowest BCUT2D eigenvalue weighted by Gasteiger charge is -2.16. The first kappa shape index (κ1) is 21.6. The van der Waals surface area contributed by atoms with E-state index in [0.29, 0.717) is 11.4 Å². The van der Waals surface area contributed by atoms with Crippen LogP contribution in [0.5, 0.6) is 5.75 Å². The first-order valence-electron chi connectivity index (χ1n) is 10.4. The summed E-state index contributed by atoms with van der Waals surface area (Å²) in [6.07, 6.45) is 2.65. The summed E-state index contributed by atoms with van der Waals surface area (Å²) in [6, 6.07) is 17.3. The Morgan fingerprint density at radius 2 is 1.84 bits per heavy atom. The fourth-order valence-corrected chi connectivity index (χ4v) is 4.52. The molecule has 0 saturated heterocycles. The predicted octanol–water partition coefficient (Wildman–Crippen LogP) is 6.24. The number of anilines is 3. The molecule has 0 aliphatic carbocycles. The SMILES string of the molecule is CCc1cc2c(-c3ccccc3OC)c(NC(=O)Nc3ccc(N(C)C)cc3)cnc2s1. The van der Waals surface area contributed by atoms with E-state index in [1.807, 2.05) is 67.5 Å². The fourth-order valence-electron chi connectivity index (χ4n) is 3.58. The Morgan fingerprint density at radius 1 is 1.09 bits per heavy atom. The lowest BCUT2D eigenvalue weighted by atomic mass is 10.0. The minimum atomic E-state index is -0.328. The van der Waals surface area contributed by atoms with Gasteiger partial charge in [-0.3, -0.25) is 0 Å². The molecule has 0 atom stereocenters. The quantitative estimate of drug-likeness (QED) is 0.368. The number of ether oxygens (including phenoxy) is 1. The number of nitrogens with one attached hydrogen (secondary N) is 2. The molecule has 0 radical (unpaired) electrons. The van der Waals surface area contributed by atoms with Gasteiger partial charge in [0.1, 0.15) is 10.6 Å². The van der Waals surface area contributed by atoms with Gasteiger partial charge in [-0.25, -0.2) is 9.78 Å². The summed E-state index contributed by atoms with van der Waals surface area (Å²) in [5.74, 6) is 0.743. The maximum atomic E-state index is 12.8. The van der Waals surface area contributed by atoms with Crippen molar-refractivity contribution in [2.75, 3.05) is 36.7 Å². The fraction of sp³-hybridized carbons (Fsp3) is 0.200. The topological polar surface area (TPSA) is 66.5 Å². The number of thiophene rings is 1. The molecule has 0 bridgehead atoms. The van der Waals surface area contributed by atoms with Crippen molar-refractivity contribution in [1.29, 1.82) is 0 Å². The van der Waals surface area contributed by atoms with Gasteiger partial charge in [-0.05, 0) is 42.8 Å². The molecule has 2 amide bonds. The minimum Gasteiger partial charge on any atom is -0.496 e. The van der Waals surface area contributed by atoms with E-state index in [4.69, 9.17) is 4.74 Å². The van der Waals surface area contributed by atoms with E-state index < -0.39 is 0 Å². The number of hydrogen-bond acceptors (Lipinski definition) is 5. The highest BCUT2D eigenvalue weighted by atomic mass is 32.1. The number of para-hydroxylation sites is 1. The smallest absolute Gasteiger partial charge is 0.323 e. The standard InChI is InChI=1S/C25H26N4O2S/c1-5-18-14-20-23(19-8-6-7-9-22(19)31-4)21(15-26-24(20)32-18)28-25(30)27-16-10-12-17(13-11-16)29(2)3/h6-15H,5H2,1-4H3,(H2,27,28,30). The number of aromatic nitrogens is 1. The van der Waals surface area contributed by atoms with Crippen molar-refractivity contribution in [2.45, 2.75) is 13.3 Å². The summed E-state index contributed by atoms with van der Waals surface area (Å²) in [6.45, 7) is 2.13. The second-order valence-electron chi connectivity index (χ2n) is 7.55. The maximum absolute atomic E-state index is 12.8. The van der Waals surface area contributed by atoms with Crippen LogP contribution in [0, 0.1) is 0 Å². The Balaban J connectivity index is 1.71. The summed E-state index contributed by atoms with van der Waals surface area (Å²) in [5, 5.41) is 6.90. The van der Waals surface area contributed by atoms with Gasteiger partial charge in [0.25, 0.3) is 0 Å². The number of benzene rings is 2. The van der Waals surface area contributed by atoms with Gasteiger partial charge in [0, 0.05) is 46.9 Å². The van der Waals surface area contributed by atoms with Crippen molar-refractivity contribution in [3.8, 4) is 16.9 Å². The number of amides is 2. The van der Waals surface area contributed by atoms with Crippen LogP contribution in [0.15, 0.2) is 60.8 Å². The molecule has 4 rings (SSSR count). The number of hydrogen-bond donors (Lipinski definition) is 2. The molecule has 0 aliphatic rings. The predicted molar refractivity (Wildman–Crippen MR) is 134 cm³/mol. The number of rotatable bonds is 6. The third-order valence-corrected chi connectivity index (χ3v) is 6.42. The Bertz CT molecular complexity index is 1250. The molecule has 0 fully saturated rings. The van der Waals surface area contributed by atoms with E-state index in [9.17, 15) is 4.79 Å². The summed E-state index contributed by atoms with van der Waals surface area (Å²) in [7, 11) is 5.61. The molecule has 2 N–H and O–H groups in total. The van der Waals surface area contributed by atoms with Gasteiger partial charge in [-0.15, -0.1) is 11.3 Å². The maximum Gasteiger partial charge on any atom is 0.323 e. The van der Waals surface area contributed by atoms with Gasteiger partial charge >= 0.3 is 6.03 Å². The van der Waals surface area contributed by atoms with Crippen LogP contribution < -0.4 is 20.3 Å². The van der Waals surface area contributed by atoms with Gasteiger partial charge in [0.05, 0.1) is 19.0 Å². The molecule has 32 heavy (non-hydrogen) atoms. The molecule has 0 spiro atoms. The van der Waals surface area contributed by atoms with Gasteiger partial charge in [-0.2, -0.15) is 0 Å². The Kier molecular flexibility index (Phi) is 6.28. The third kappa shape index (κ3) is 4.38. The average Bonchev–Trinajstić information content (AvgIpc) is 3.23. The number of nitrogens with zero attached hydrogens (tertiary/aromatic N) is 2. The monoisotopic (exact) mass is 446 g/mol. The number of pyridine rings is 1. The highest BCUT2D eigenvalue weighted by Crippen LogP contribution is 2.42. The first-order valence-corrected chi connectivity index (χ1v) is 11.2. The van der Waals surface area contributed by atoms with Crippen LogP contribution in [0.4, 0.5) is 21.9 Å². The highest BCUT2D eigenvalue weighted by Gasteiger charge is 2.18. The first-order chi connectivity index (χ1) is 15.5. The van der Waals surface area contributed by atoms with Crippen LogP contribution >= 0.6 is 11.3 Å². The zero-order chi connectivity index (χ0) is 22.7. The second kappa shape index (κ2) is 9.28. The normalized spacial score (nSPS) is 10.8. The summed E-state index contributed by atoms with van der Waals surface area (Å²) >= 11 is 1.67. The number of aryl methyl sites for hydroxylation is 1. The Hall–Kier alpha value is -3.58. The van der Waals surface area contributed by atoms with E-state index in [1.165, 1.54) is 4.88 Å². The van der Waals surface area contributed by atoms with Crippen LogP contribution in [0.3, 0.4) is 0 Å². The molecule has 0 aliphatic heterocycles. The van der Waals surface area contributed by atoms with Gasteiger partial charge in [-0.1, -0.05) is 25.1 Å². The van der Waals surface area contributed by atoms with Crippen molar-refractivity contribution in [1.82, 2.24) is 4.98 Å². The van der Waals surface area contributed by atoms with Gasteiger partial charge in [0.15, 0.2) is 0 Å². The minimum absolute atomic E-state index is 0.328. The molecular weight excluding hydrogens is 420 g/mol. The molecule has 2 aromatic heterocycles. The molecule has 2 aromatic carbocycles. The third-order valence-electron chi connectivity index (χ3n) is 5.23. The van der Waals surface area contributed by atoms with Crippen molar-refractivity contribution in [3.63, 3.8) is 0 Å². The zero-order valence-corrected chi connectivity index (χ0v) is 19.4. The molecule has 0 unspecified atom stereocenters. The lowest BCUT2D eigenvalue weighted by molar-refractivity contribution is 0.262. The van der Waals surface area contributed by atoms with Crippen molar-refractivity contribution >= 4 is 44.6 Å². The molecular formula is C25H26N4O2S. The molecule has 7 heteroatoms. The number of carbonyl (C=O) groups excluding carboxylic acids is 1. The van der Waals surface area contributed by atoms with E-state index in [-0.39, 0.29) is 6.03 Å². The highest BCUT2D eigenvalue weighted by molar-refractivity contribution is 7.18. The molecule has 164 valence electrons. The van der Waals surface area contributed by atoms with Crippen molar-refractivity contribution in [3.05, 3.63) is 65.7 Å². The van der Waals surface area contributed by atoms with Crippen LogP contribution in [0.1, 0.15) is 11.8 Å². The van der Waals surface area contributed by atoms with E-state index >= 15 is 0 Å². The number of carbonyl (C=O) groups is 1. The van der Waals surface area contributed by atoms with Crippen LogP contribution in [0.2, 0.25) is 0 Å². The zero-order valence-electron chi connectivity index (χ0n) is 18.6. The van der Waals surface area contributed by atoms with E-state index in [1.54, 1.807) is 24.6 Å². The number of urea groups is 1. The second-order valence-corrected chi connectivity index (χ2v) is 8.67. The van der Waals surface area contributed by atoms with Crippen molar-refractivity contribution in [2.24, 2.45) is 0 Å². The van der Waals surface area contributed by atoms with Crippen LogP contribution in [0.25, 0.3) is 21.3 Å². The molecule has 4 aromatic rings. The number of fused-ring (bicyclic) bond motifs is 1. The largest absolute Gasteiger partial charge is 0.496 e. The average molecular weight is 447 g/mol. The van der Waals surface area contributed by atoms with Gasteiger partial charge in [0.2, 0.25) is 0 Å². The van der Waals surface area contributed by atoms with Gasteiger partial charge < -0.3 is 20.3 Å². The summed E-state index contributed by atoms with van der Waals surface area (Å²) in [5.41, 5.74) is 4.22. The van der Waals surface area contributed by atoms with E-state index in [2.05, 4.69) is 28.6 Å². The van der Waals surface area contributed by atoms with Crippen LogP contribution in [-0.4, -0.2) is 32.2 Å². The van der Waals surface area contributed by atoms with Crippen LogP contribution in [-0.2, 0) is 6.42 Å². The Morgan fingerprint density at radius 3 is 2.53 bits per heavy atom. The summed E-state index contributed by atoms with van der Waals surface area (Å²) in [4.78, 5) is 21.6. The lowest BCUT2D eigenvalue weighted by Crippen LogP contribution is -2.20.